The zero-order valence-corrected chi connectivity index (χ0v) is 18.7. The Labute approximate surface area is 194 Å². The van der Waals surface area contributed by atoms with Gasteiger partial charge < -0.3 is 4.57 Å². The molecule has 1 heterocycles. The Bertz CT molecular complexity index is 1530. The summed E-state index contributed by atoms with van der Waals surface area (Å²) in [6, 6.07) is 43.7. The van der Waals surface area contributed by atoms with Crippen LogP contribution in [0.15, 0.2) is 121 Å². The molecule has 33 heavy (non-hydrogen) atoms. The molecule has 1 nitrogen and oxygen atoms in total. The average Bonchev–Trinajstić information content (AvgIpc) is 3.23. The molecule has 6 aromatic rings. The maximum atomic E-state index is 2.43. The van der Waals surface area contributed by atoms with Gasteiger partial charge in [0.1, 0.15) is 0 Å². The highest BCUT2D eigenvalue weighted by Gasteiger charge is 2.17. The third kappa shape index (κ3) is 3.16. The van der Waals surface area contributed by atoms with Crippen LogP contribution in [-0.4, -0.2) is 4.57 Å². The zero-order valence-electron chi connectivity index (χ0n) is 18.7. The van der Waals surface area contributed by atoms with E-state index in [-0.39, 0.29) is 0 Å². The van der Waals surface area contributed by atoms with Gasteiger partial charge >= 0.3 is 0 Å². The lowest BCUT2D eigenvalue weighted by Crippen LogP contribution is -1.99. The second kappa shape index (κ2) is 8.11. The molecule has 0 saturated carbocycles. The lowest BCUT2D eigenvalue weighted by Gasteiger charge is -2.18. The van der Waals surface area contributed by atoms with Gasteiger partial charge in [0.2, 0.25) is 0 Å². The van der Waals surface area contributed by atoms with Gasteiger partial charge in [0.05, 0.1) is 16.7 Å². The number of benzene rings is 5. The number of nitrogens with zero attached hydrogens (tertiary/aromatic N) is 1. The van der Waals surface area contributed by atoms with Crippen LogP contribution in [0.1, 0.15) is 12.5 Å². The van der Waals surface area contributed by atoms with E-state index < -0.39 is 0 Å². The van der Waals surface area contributed by atoms with E-state index in [1.54, 1.807) is 0 Å². The molecular weight excluding hydrogens is 398 g/mol. The van der Waals surface area contributed by atoms with Crippen molar-refractivity contribution in [2.75, 3.05) is 0 Å². The van der Waals surface area contributed by atoms with Crippen molar-refractivity contribution in [1.29, 1.82) is 0 Å². The summed E-state index contributed by atoms with van der Waals surface area (Å²) in [5.74, 6) is 0. The summed E-state index contributed by atoms with van der Waals surface area (Å²) >= 11 is 0. The topological polar surface area (TPSA) is 4.93 Å². The standard InChI is InChI=1S/C32H25N/c1-2-24-25(23-13-4-3-5-14-23)18-12-19-26(24)27-15-6-9-20-30(27)33-31-21-10-7-16-28(31)29-17-8-11-22-32(29)33/h3-22H,2H2,1H3. The summed E-state index contributed by atoms with van der Waals surface area (Å²) in [5.41, 5.74) is 10.2. The molecule has 0 N–H and O–H groups in total. The van der Waals surface area contributed by atoms with Crippen molar-refractivity contribution in [2.24, 2.45) is 0 Å². The first-order valence-electron chi connectivity index (χ1n) is 11.6. The Morgan fingerprint density at radius 3 is 1.73 bits per heavy atom. The van der Waals surface area contributed by atoms with Crippen LogP contribution in [0, 0.1) is 0 Å². The molecule has 5 aromatic carbocycles. The smallest absolute Gasteiger partial charge is 0.0541 e. The monoisotopic (exact) mass is 423 g/mol. The first-order valence-corrected chi connectivity index (χ1v) is 11.6. The van der Waals surface area contributed by atoms with Crippen LogP contribution >= 0.6 is 0 Å². The highest BCUT2D eigenvalue weighted by molar-refractivity contribution is 6.09. The normalized spacial score (nSPS) is 11.3. The molecule has 0 radical (unpaired) electrons. The molecule has 0 amide bonds. The summed E-state index contributed by atoms with van der Waals surface area (Å²) in [5, 5.41) is 2.58. The van der Waals surface area contributed by atoms with Crippen molar-refractivity contribution >= 4 is 21.8 Å². The van der Waals surface area contributed by atoms with Gasteiger partial charge in [-0.05, 0) is 46.9 Å². The van der Waals surface area contributed by atoms with Crippen molar-refractivity contribution in [2.45, 2.75) is 13.3 Å². The van der Waals surface area contributed by atoms with Crippen LogP contribution in [0.3, 0.4) is 0 Å². The van der Waals surface area contributed by atoms with Crippen LogP contribution in [-0.2, 0) is 6.42 Å². The van der Waals surface area contributed by atoms with Gasteiger partial charge in [-0.1, -0.05) is 110 Å². The van der Waals surface area contributed by atoms with Crippen molar-refractivity contribution in [1.82, 2.24) is 4.57 Å². The van der Waals surface area contributed by atoms with Crippen molar-refractivity contribution in [3.63, 3.8) is 0 Å². The lowest BCUT2D eigenvalue weighted by molar-refractivity contribution is 1.13. The Hall–Kier alpha value is -4.10. The largest absolute Gasteiger partial charge is 0.309 e. The van der Waals surface area contributed by atoms with Crippen LogP contribution in [0.2, 0.25) is 0 Å². The van der Waals surface area contributed by atoms with E-state index in [4.69, 9.17) is 0 Å². The lowest BCUT2D eigenvalue weighted by atomic mass is 9.89. The molecule has 6 rings (SSSR count). The molecule has 0 fully saturated rings. The number of fused-ring (bicyclic) bond motifs is 3. The van der Waals surface area contributed by atoms with Gasteiger partial charge in [-0.2, -0.15) is 0 Å². The second-order valence-corrected chi connectivity index (χ2v) is 8.44. The summed E-state index contributed by atoms with van der Waals surface area (Å²) in [6.45, 7) is 2.26. The highest BCUT2D eigenvalue weighted by Crippen LogP contribution is 2.39. The summed E-state index contributed by atoms with van der Waals surface area (Å²) < 4.78 is 2.43. The maximum Gasteiger partial charge on any atom is 0.0541 e. The van der Waals surface area contributed by atoms with E-state index in [1.165, 1.54) is 55.3 Å². The minimum Gasteiger partial charge on any atom is -0.309 e. The van der Waals surface area contributed by atoms with E-state index in [0.29, 0.717) is 0 Å². The van der Waals surface area contributed by atoms with Gasteiger partial charge in [-0.3, -0.25) is 0 Å². The van der Waals surface area contributed by atoms with Gasteiger partial charge in [0.15, 0.2) is 0 Å². The molecule has 0 aliphatic heterocycles. The average molecular weight is 424 g/mol. The van der Waals surface area contributed by atoms with E-state index in [2.05, 4.69) is 133 Å². The summed E-state index contributed by atoms with van der Waals surface area (Å²) in [4.78, 5) is 0. The van der Waals surface area contributed by atoms with Crippen LogP contribution in [0.25, 0.3) is 49.7 Å². The molecule has 0 aliphatic rings. The first kappa shape index (κ1) is 19.6. The number of rotatable bonds is 4. The van der Waals surface area contributed by atoms with Gasteiger partial charge in [0, 0.05) is 16.3 Å². The number of para-hydroxylation sites is 3. The van der Waals surface area contributed by atoms with Crippen LogP contribution in [0.5, 0.6) is 0 Å². The quantitative estimate of drug-likeness (QED) is 0.267. The van der Waals surface area contributed by atoms with Gasteiger partial charge in [-0.25, -0.2) is 0 Å². The van der Waals surface area contributed by atoms with E-state index >= 15 is 0 Å². The van der Waals surface area contributed by atoms with Gasteiger partial charge in [0.25, 0.3) is 0 Å². The molecule has 1 heteroatoms. The Morgan fingerprint density at radius 2 is 1.03 bits per heavy atom. The van der Waals surface area contributed by atoms with Crippen molar-refractivity contribution < 1.29 is 0 Å². The highest BCUT2D eigenvalue weighted by atomic mass is 15.0. The molecule has 0 aliphatic carbocycles. The van der Waals surface area contributed by atoms with Crippen molar-refractivity contribution in [3.05, 3.63) is 127 Å². The van der Waals surface area contributed by atoms with Crippen LogP contribution in [0.4, 0.5) is 0 Å². The van der Waals surface area contributed by atoms with Crippen LogP contribution < -0.4 is 0 Å². The molecule has 1 aromatic heterocycles. The summed E-state index contributed by atoms with van der Waals surface area (Å²) in [6.07, 6.45) is 0.974. The molecule has 0 atom stereocenters. The molecular formula is C32H25N. The first-order chi connectivity index (χ1) is 16.4. The number of aromatic nitrogens is 1. The molecule has 0 unspecified atom stereocenters. The van der Waals surface area contributed by atoms with Crippen molar-refractivity contribution in [3.8, 4) is 27.9 Å². The predicted molar refractivity (Wildman–Crippen MR) is 141 cm³/mol. The molecule has 0 bridgehead atoms. The molecule has 0 spiro atoms. The van der Waals surface area contributed by atoms with E-state index in [1.807, 2.05) is 0 Å². The number of hydrogen-bond acceptors (Lipinski definition) is 0. The third-order valence-corrected chi connectivity index (χ3v) is 6.63. The second-order valence-electron chi connectivity index (χ2n) is 8.44. The fourth-order valence-electron chi connectivity index (χ4n) is 5.19. The predicted octanol–water partition coefficient (Wildman–Crippen LogP) is 8.68. The Kier molecular flexibility index (Phi) is 4.81. The zero-order chi connectivity index (χ0) is 22.2. The maximum absolute atomic E-state index is 2.43. The van der Waals surface area contributed by atoms with E-state index in [9.17, 15) is 0 Å². The molecule has 158 valence electrons. The minimum absolute atomic E-state index is 0.974. The third-order valence-electron chi connectivity index (χ3n) is 6.63. The Balaban J connectivity index is 1.66. The van der Waals surface area contributed by atoms with E-state index in [0.717, 1.165) is 6.42 Å². The minimum atomic E-state index is 0.974. The molecule has 0 saturated heterocycles. The Morgan fingerprint density at radius 1 is 0.485 bits per heavy atom. The fraction of sp³-hybridized carbons (Fsp3) is 0.0625. The fourth-order valence-corrected chi connectivity index (χ4v) is 5.19. The SMILES string of the molecule is CCc1c(-c2ccccc2)cccc1-c1ccccc1-n1c2ccccc2c2ccccc21. The summed E-state index contributed by atoms with van der Waals surface area (Å²) in [7, 11) is 0. The number of hydrogen-bond donors (Lipinski definition) is 0. The van der Waals surface area contributed by atoms with Gasteiger partial charge in [-0.15, -0.1) is 0 Å².